The van der Waals surface area contributed by atoms with E-state index in [1.807, 2.05) is 49.6 Å². The van der Waals surface area contributed by atoms with E-state index in [2.05, 4.69) is 10.3 Å². The van der Waals surface area contributed by atoms with Gasteiger partial charge in [-0.3, -0.25) is 4.79 Å². The van der Waals surface area contributed by atoms with Crippen LogP contribution in [0.5, 0.6) is 0 Å². The van der Waals surface area contributed by atoms with Crippen molar-refractivity contribution in [2.45, 2.75) is 44.7 Å². The molecule has 0 saturated heterocycles. The predicted molar refractivity (Wildman–Crippen MR) is 93.1 cm³/mol. The zero-order valence-electron chi connectivity index (χ0n) is 13.6. The maximum atomic E-state index is 12.7. The summed E-state index contributed by atoms with van der Waals surface area (Å²) in [4.78, 5) is 17.3. The van der Waals surface area contributed by atoms with Gasteiger partial charge in [0.2, 0.25) is 5.91 Å². The Hall–Kier alpha value is -1.72. The molecule has 3 N–H and O–H groups in total. The molecule has 2 atom stereocenters. The quantitative estimate of drug-likeness (QED) is 0.884. The van der Waals surface area contributed by atoms with Crippen molar-refractivity contribution >= 4 is 17.2 Å². The van der Waals surface area contributed by atoms with E-state index in [0.717, 1.165) is 35.5 Å². The molecule has 23 heavy (non-hydrogen) atoms. The van der Waals surface area contributed by atoms with Crippen LogP contribution in [0.2, 0.25) is 0 Å². The molecule has 0 radical (unpaired) electrons. The third-order valence-electron chi connectivity index (χ3n) is 4.73. The highest BCUT2D eigenvalue weighted by atomic mass is 32.1. The third kappa shape index (κ3) is 3.16. The van der Waals surface area contributed by atoms with Gasteiger partial charge in [0.1, 0.15) is 5.01 Å². The smallest absolute Gasteiger partial charge is 0.225 e. The van der Waals surface area contributed by atoms with E-state index in [9.17, 15) is 4.79 Å². The number of nitrogens with one attached hydrogen (secondary N) is 1. The van der Waals surface area contributed by atoms with Gasteiger partial charge in [-0.25, -0.2) is 4.98 Å². The van der Waals surface area contributed by atoms with Crippen LogP contribution in [0, 0.1) is 12.8 Å². The van der Waals surface area contributed by atoms with Crippen LogP contribution in [0.3, 0.4) is 0 Å². The molecule has 1 heterocycles. The molecule has 1 fully saturated rings. The first-order valence-electron chi connectivity index (χ1n) is 8.07. The zero-order valence-corrected chi connectivity index (χ0v) is 14.4. The van der Waals surface area contributed by atoms with Gasteiger partial charge in [-0.05, 0) is 31.7 Å². The van der Waals surface area contributed by atoms with Crippen molar-refractivity contribution in [3.05, 3.63) is 52.0 Å². The molecule has 5 heteroatoms. The number of hydrogen-bond acceptors (Lipinski definition) is 4. The summed E-state index contributed by atoms with van der Waals surface area (Å²) in [5, 5.41) is 6.30. The van der Waals surface area contributed by atoms with E-state index >= 15 is 0 Å². The van der Waals surface area contributed by atoms with Crippen molar-refractivity contribution in [1.82, 2.24) is 10.3 Å². The van der Waals surface area contributed by atoms with Crippen LogP contribution in [0.25, 0.3) is 0 Å². The number of aryl methyl sites for hydroxylation is 1. The lowest BCUT2D eigenvalue weighted by atomic mass is 9.76. The van der Waals surface area contributed by atoms with Crippen molar-refractivity contribution in [3.8, 4) is 0 Å². The van der Waals surface area contributed by atoms with Crippen LogP contribution in [0.4, 0.5) is 0 Å². The molecule has 1 aliphatic carbocycles. The van der Waals surface area contributed by atoms with Gasteiger partial charge in [-0.2, -0.15) is 0 Å². The van der Waals surface area contributed by atoms with Gasteiger partial charge in [0.05, 0.1) is 11.5 Å². The van der Waals surface area contributed by atoms with Gasteiger partial charge in [-0.15, -0.1) is 11.3 Å². The van der Waals surface area contributed by atoms with Crippen LogP contribution < -0.4 is 11.1 Å². The van der Waals surface area contributed by atoms with Crippen molar-refractivity contribution in [3.63, 3.8) is 0 Å². The van der Waals surface area contributed by atoms with Gasteiger partial charge < -0.3 is 11.1 Å². The second-order valence-corrected chi connectivity index (χ2v) is 7.30. The van der Waals surface area contributed by atoms with E-state index in [1.165, 1.54) is 0 Å². The fourth-order valence-corrected chi connectivity index (χ4v) is 3.99. The minimum Gasteiger partial charge on any atom is -0.344 e. The summed E-state index contributed by atoms with van der Waals surface area (Å²) < 4.78 is 0. The lowest BCUT2D eigenvalue weighted by molar-refractivity contribution is -0.128. The molecule has 1 aromatic heterocycles. The van der Waals surface area contributed by atoms with Crippen molar-refractivity contribution in [1.29, 1.82) is 0 Å². The predicted octanol–water partition coefficient (Wildman–Crippen LogP) is 3.28. The second kappa shape index (κ2) is 6.42. The third-order valence-corrected chi connectivity index (χ3v) is 5.90. The highest BCUT2D eigenvalue weighted by Gasteiger charge is 2.43. The fourth-order valence-electron chi connectivity index (χ4n) is 2.97. The van der Waals surface area contributed by atoms with Crippen LogP contribution in [-0.4, -0.2) is 10.9 Å². The summed E-state index contributed by atoms with van der Waals surface area (Å²) in [5.41, 5.74) is 8.01. The number of carbonyl (C=O) groups excluding carboxylic acids is 1. The molecular weight excluding hydrogens is 306 g/mol. The molecule has 122 valence electrons. The number of hydrogen-bond donors (Lipinski definition) is 2. The van der Waals surface area contributed by atoms with Crippen LogP contribution in [-0.2, 0) is 10.3 Å². The molecule has 2 unspecified atom stereocenters. The number of benzene rings is 1. The molecule has 0 aliphatic heterocycles. The standard InChI is InChI=1S/C18H23N3OS/c1-12-11-23-17(20-12)18(9-6-10-18)21-16(22)13(2)15(19)14-7-4-3-5-8-14/h3-5,7-8,11,13,15H,6,9-10,19H2,1-2H3,(H,21,22). The molecular formula is C18H23N3OS. The first-order chi connectivity index (χ1) is 11.0. The second-order valence-electron chi connectivity index (χ2n) is 6.44. The average molecular weight is 329 g/mol. The molecule has 0 bridgehead atoms. The number of carbonyl (C=O) groups is 1. The highest BCUT2D eigenvalue weighted by Crippen LogP contribution is 2.43. The molecule has 0 spiro atoms. The lowest BCUT2D eigenvalue weighted by Crippen LogP contribution is -2.53. The maximum absolute atomic E-state index is 12.7. The number of nitrogens with zero attached hydrogens (tertiary/aromatic N) is 1. The maximum Gasteiger partial charge on any atom is 0.225 e. The molecule has 1 aliphatic rings. The normalized spacial score (nSPS) is 18.7. The van der Waals surface area contributed by atoms with Gasteiger partial charge in [0.25, 0.3) is 0 Å². The number of aromatic nitrogens is 1. The van der Waals surface area contributed by atoms with E-state index in [0.29, 0.717) is 0 Å². The summed E-state index contributed by atoms with van der Waals surface area (Å²) in [5.74, 6) is -0.273. The Balaban J connectivity index is 1.73. The molecule has 1 aromatic carbocycles. The van der Waals surface area contributed by atoms with E-state index in [-0.39, 0.29) is 23.4 Å². The topological polar surface area (TPSA) is 68.0 Å². The fraction of sp³-hybridized carbons (Fsp3) is 0.444. The number of amides is 1. The Bertz CT molecular complexity index is 679. The summed E-state index contributed by atoms with van der Waals surface area (Å²) in [6.45, 7) is 3.88. The molecule has 1 saturated carbocycles. The first kappa shape index (κ1) is 16.1. The Morgan fingerprint density at radius 1 is 1.35 bits per heavy atom. The van der Waals surface area contributed by atoms with E-state index in [4.69, 9.17) is 5.73 Å². The Kier molecular flexibility index (Phi) is 4.50. The number of nitrogens with two attached hydrogens (primary N) is 1. The molecule has 1 amide bonds. The minimum absolute atomic E-state index is 0.00825. The van der Waals surface area contributed by atoms with Crippen LogP contribution in [0.15, 0.2) is 35.7 Å². The summed E-state index contributed by atoms with van der Waals surface area (Å²) in [7, 11) is 0. The lowest BCUT2D eigenvalue weighted by Gasteiger charge is -2.41. The minimum atomic E-state index is -0.300. The SMILES string of the molecule is Cc1csc(C2(NC(=O)C(C)C(N)c3ccccc3)CCC2)n1. The largest absolute Gasteiger partial charge is 0.344 e. The average Bonchev–Trinajstić information content (AvgIpc) is 2.96. The van der Waals surface area contributed by atoms with Gasteiger partial charge in [0, 0.05) is 17.1 Å². The van der Waals surface area contributed by atoms with Gasteiger partial charge in [0.15, 0.2) is 0 Å². The Morgan fingerprint density at radius 3 is 2.57 bits per heavy atom. The van der Waals surface area contributed by atoms with Gasteiger partial charge in [-0.1, -0.05) is 37.3 Å². The molecule has 2 aromatic rings. The highest BCUT2D eigenvalue weighted by molar-refractivity contribution is 7.09. The van der Waals surface area contributed by atoms with E-state index in [1.54, 1.807) is 11.3 Å². The zero-order chi connectivity index (χ0) is 16.4. The van der Waals surface area contributed by atoms with Crippen LogP contribution in [0.1, 0.15) is 48.5 Å². The van der Waals surface area contributed by atoms with Crippen molar-refractivity contribution in [2.75, 3.05) is 0 Å². The van der Waals surface area contributed by atoms with Crippen molar-refractivity contribution < 1.29 is 4.79 Å². The molecule has 3 rings (SSSR count). The van der Waals surface area contributed by atoms with Crippen molar-refractivity contribution in [2.24, 2.45) is 11.7 Å². The number of thiazole rings is 1. The monoisotopic (exact) mass is 329 g/mol. The van der Waals surface area contributed by atoms with Crippen LogP contribution >= 0.6 is 11.3 Å². The summed E-state index contributed by atoms with van der Waals surface area (Å²) in [6.07, 6.45) is 3.04. The number of rotatable bonds is 5. The Labute approximate surface area is 141 Å². The molecule has 4 nitrogen and oxygen atoms in total. The summed E-state index contributed by atoms with van der Waals surface area (Å²) >= 11 is 1.63. The Morgan fingerprint density at radius 2 is 2.04 bits per heavy atom. The first-order valence-corrected chi connectivity index (χ1v) is 8.95. The van der Waals surface area contributed by atoms with Gasteiger partial charge >= 0.3 is 0 Å². The van der Waals surface area contributed by atoms with E-state index < -0.39 is 0 Å². The summed E-state index contributed by atoms with van der Waals surface area (Å²) in [6, 6.07) is 9.49.